The summed E-state index contributed by atoms with van der Waals surface area (Å²) in [5.74, 6) is -0.435. The zero-order valence-electron chi connectivity index (χ0n) is 9.22. The van der Waals surface area contributed by atoms with Crippen LogP contribution < -0.4 is 11.1 Å². The van der Waals surface area contributed by atoms with E-state index in [2.05, 4.69) is 5.32 Å². The lowest BCUT2D eigenvalue weighted by atomic mass is 9.89. The Bertz CT molecular complexity index is 349. The minimum atomic E-state index is -3.08. The molecule has 16 heavy (non-hydrogen) atoms. The first-order chi connectivity index (χ1) is 7.28. The number of aliphatic hydroxyl groups is 1. The maximum Gasteiger partial charge on any atom is 0.237 e. The lowest BCUT2D eigenvalue weighted by molar-refractivity contribution is -0.124. The summed E-state index contributed by atoms with van der Waals surface area (Å²) < 4.78 is 21.7. The van der Waals surface area contributed by atoms with E-state index in [4.69, 9.17) is 10.8 Å². The average Bonchev–Trinajstić information content (AvgIpc) is 2.10. The summed E-state index contributed by atoms with van der Waals surface area (Å²) in [7, 11) is -3.08. The predicted octanol–water partition coefficient (Wildman–Crippen LogP) is -1.61. The van der Waals surface area contributed by atoms with E-state index in [0.717, 1.165) is 6.26 Å². The Morgan fingerprint density at radius 3 is 2.56 bits per heavy atom. The molecule has 0 bridgehead atoms. The normalized spacial score (nSPS) is 26.9. The van der Waals surface area contributed by atoms with Crippen molar-refractivity contribution in [2.45, 2.75) is 37.5 Å². The van der Waals surface area contributed by atoms with Gasteiger partial charge in [-0.15, -0.1) is 0 Å². The molecule has 0 spiro atoms. The number of sulfone groups is 1. The number of carbonyl (C=O) groups is 1. The fourth-order valence-corrected chi connectivity index (χ4v) is 2.17. The molecular formula is C9H18N2O4S. The van der Waals surface area contributed by atoms with Crippen molar-refractivity contribution in [3.05, 3.63) is 0 Å². The molecular weight excluding hydrogens is 232 g/mol. The third kappa shape index (κ3) is 4.46. The van der Waals surface area contributed by atoms with E-state index in [0.29, 0.717) is 12.8 Å². The van der Waals surface area contributed by atoms with Gasteiger partial charge in [0.1, 0.15) is 9.84 Å². The molecule has 0 heterocycles. The fourth-order valence-electron chi connectivity index (χ4n) is 1.49. The fraction of sp³-hybridized carbons (Fsp3) is 0.889. The maximum atomic E-state index is 11.5. The number of rotatable bonds is 5. The van der Waals surface area contributed by atoms with Crippen LogP contribution >= 0.6 is 0 Å². The summed E-state index contributed by atoms with van der Waals surface area (Å²) >= 11 is 0. The molecule has 94 valence electrons. The first-order valence-electron chi connectivity index (χ1n) is 5.19. The van der Waals surface area contributed by atoms with Crippen LogP contribution in [-0.4, -0.2) is 49.6 Å². The minimum Gasteiger partial charge on any atom is -0.393 e. The van der Waals surface area contributed by atoms with Crippen LogP contribution in [0.5, 0.6) is 0 Å². The maximum absolute atomic E-state index is 11.5. The van der Waals surface area contributed by atoms with Crippen molar-refractivity contribution in [2.24, 2.45) is 5.73 Å². The Hall–Kier alpha value is -0.660. The Kier molecular flexibility index (Phi) is 4.28. The zero-order chi connectivity index (χ0) is 12.3. The smallest absolute Gasteiger partial charge is 0.237 e. The van der Waals surface area contributed by atoms with Crippen molar-refractivity contribution >= 4 is 15.7 Å². The van der Waals surface area contributed by atoms with Gasteiger partial charge in [-0.2, -0.15) is 0 Å². The highest BCUT2D eigenvalue weighted by atomic mass is 32.2. The number of hydrogen-bond acceptors (Lipinski definition) is 5. The molecule has 0 aromatic heterocycles. The summed E-state index contributed by atoms with van der Waals surface area (Å²) in [6.07, 6.45) is 1.99. The Labute approximate surface area is 95.1 Å². The van der Waals surface area contributed by atoms with Gasteiger partial charge in [0.2, 0.25) is 5.91 Å². The second-order valence-electron chi connectivity index (χ2n) is 4.36. The van der Waals surface area contributed by atoms with Crippen LogP contribution in [0.2, 0.25) is 0 Å². The number of aliphatic hydroxyl groups excluding tert-OH is 1. The highest BCUT2D eigenvalue weighted by Gasteiger charge is 2.29. The third-order valence-corrected chi connectivity index (χ3v) is 3.57. The van der Waals surface area contributed by atoms with Crippen LogP contribution in [0.25, 0.3) is 0 Å². The van der Waals surface area contributed by atoms with Gasteiger partial charge in [0.15, 0.2) is 0 Å². The molecule has 4 N–H and O–H groups in total. The lowest BCUT2D eigenvalue weighted by Crippen LogP contribution is -2.52. The van der Waals surface area contributed by atoms with Crippen LogP contribution in [0.3, 0.4) is 0 Å². The molecule has 0 aliphatic heterocycles. The molecule has 7 heteroatoms. The molecule has 6 nitrogen and oxygen atoms in total. The van der Waals surface area contributed by atoms with E-state index >= 15 is 0 Å². The Morgan fingerprint density at radius 2 is 2.12 bits per heavy atom. The zero-order valence-corrected chi connectivity index (χ0v) is 10.0. The predicted molar refractivity (Wildman–Crippen MR) is 59.5 cm³/mol. The molecule has 1 aliphatic rings. The quantitative estimate of drug-likeness (QED) is 0.544. The van der Waals surface area contributed by atoms with Gasteiger partial charge in [0.05, 0.1) is 17.9 Å². The van der Waals surface area contributed by atoms with E-state index in [9.17, 15) is 13.2 Å². The van der Waals surface area contributed by atoms with Gasteiger partial charge in [0, 0.05) is 12.3 Å². The largest absolute Gasteiger partial charge is 0.393 e. The van der Waals surface area contributed by atoms with Gasteiger partial charge in [0.25, 0.3) is 0 Å². The second kappa shape index (κ2) is 5.11. The molecule has 1 atom stereocenters. The number of amides is 1. The second-order valence-corrected chi connectivity index (χ2v) is 6.62. The molecule has 0 radical (unpaired) electrons. The summed E-state index contributed by atoms with van der Waals surface area (Å²) in [6, 6.07) is -0.820. The van der Waals surface area contributed by atoms with E-state index in [-0.39, 0.29) is 30.2 Å². The number of nitrogens with two attached hydrogens (primary N) is 1. The van der Waals surface area contributed by atoms with Crippen LogP contribution in [0.1, 0.15) is 19.3 Å². The Balaban J connectivity index is 2.25. The summed E-state index contributed by atoms with van der Waals surface area (Å²) in [6.45, 7) is 0. The van der Waals surface area contributed by atoms with Crippen molar-refractivity contribution in [3.63, 3.8) is 0 Å². The van der Waals surface area contributed by atoms with Crippen LogP contribution in [0, 0.1) is 0 Å². The highest BCUT2D eigenvalue weighted by molar-refractivity contribution is 7.90. The van der Waals surface area contributed by atoms with E-state index in [1.165, 1.54) is 0 Å². The molecule has 0 aromatic carbocycles. The van der Waals surface area contributed by atoms with Crippen LogP contribution in [0.15, 0.2) is 0 Å². The Morgan fingerprint density at radius 1 is 1.56 bits per heavy atom. The number of nitrogens with one attached hydrogen (secondary N) is 1. The standard InChI is InChI=1S/C9H18N2O4S/c1-16(14,15)3-2-8(10)9(13)11-6-4-7(12)5-6/h6-8,12H,2-5,10H2,1H3,(H,11,13). The topological polar surface area (TPSA) is 109 Å². The van der Waals surface area contributed by atoms with Gasteiger partial charge >= 0.3 is 0 Å². The van der Waals surface area contributed by atoms with E-state index in [1.807, 2.05) is 0 Å². The number of hydrogen-bond donors (Lipinski definition) is 3. The van der Waals surface area contributed by atoms with E-state index < -0.39 is 15.9 Å². The van der Waals surface area contributed by atoms with Crippen molar-refractivity contribution in [3.8, 4) is 0 Å². The third-order valence-electron chi connectivity index (χ3n) is 2.60. The lowest BCUT2D eigenvalue weighted by Gasteiger charge is -2.32. The van der Waals surface area contributed by atoms with Crippen molar-refractivity contribution < 1.29 is 18.3 Å². The van der Waals surface area contributed by atoms with Gasteiger partial charge in [-0.3, -0.25) is 4.79 Å². The summed E-state index contributed by atoms with van der Waals surface area (Å²) in [5, 5.41) is 11.7. The molecule has 1 amide bonds. The van der Waals surface area contributed by atoms with Crippen LogP contribution in [0.4, 0.5) is 0 Å². The van der Waals surface area contributed by atoms with Gasteiger partial charge in [-0.05, 0) is 19.3 Å². The van der Waals surface area contributed by atoms with E-state index in [1.54, 1.807) is 0 Å². The van der Waals surface area contributed by atoms with Gasteiger partial charge < -0.3 is 16.2 Å². The molecule has 1 saturated carbocycles. The molecule has 1 fully saturated rings. The minimum absolute atomic E-state index is 0.0215. The van der Waals surface area contributed by atoms with Crippen molar-refractivity contribution in [1.29, 1.82) is 0 Å². The first-order valence-corrected chi connectivity index (χ1v) is 7.26. The van der Waals surface area contributed by atoms with Crippen LogP contribution in [-0.2, 0) is 14.6 Å². The van der Waals surface area contributed by atoms with Crippen molar-refractivity contribution in [2.75, 3.05) is 12.0 Å². The SMILES string of the molecule is CS(=O)(=O)CCC(N)C(=O)NC1CC(O)C1. The molecule has 1 unspecified atom stereocenters. The number of carbonyl (C=O) groups excluding carboxylic acids is 1. The highest BCUT2D eigenvalue weighted by Crippen LogP contribution is 2.19. The average molecular weight is 250 g/mol. The molecule has 1 rings (SSSR count). The molecule has 0 aromatic rings. The first kappa shape index (κ1) is 13.4. The monoisotopic (exact) mass is 250 g/mol. The molecule has 1 aliphatic carbocycles. The summed E-state index contributed by atoms with van der Waals surface area (Å²) in [4.78, 5) is 11.5. The van der Waals surface area contributed by atoms with Crippen molar-refractivity contribution in [1.82, 2.24) is 5.32 Å². The molecule has 0 saturated heterocycles. The van der Waals surface area contributed by atoms with Gasteiger partial charge in [-0.1, -0.05) is 0 Å². The summed E-state index contributed by atoms with van der Waals surface area (Å²) in [5.41, 5.74) is 5.55. The van der Waals surface area contributed by atoms with Gasteiger partial charge in [-0.25, -0.2) is 8.42 Å².